The molecule has 1 heterocycles. The molecule has 0 bridgehead atoms. The third-order valence-electron chi connectivity index (χ3n) is 5.05. The van der Waals surface area contributed by atoms with Gasteiger partial charge in [0.05, 0.1) is 18.7 Å². The minimum absolute atomic E-state index is 0.0201. The first kappa shape index (κ1) is 19.5. The number of rotatable bonds is 5. The monoisotopic (exact) mass is 376 g/mol. The Kier molecular flexibility index (Phi) is 6.00. The maximum atomic E-state index is 11.8. The van der Waals surface area contributed by atoms with Gasteiger partial charge in [-0.15, -0.1) is 0 Å². The Morgan fingerprint density at radius 1 is 1.32 bits per heavy atom. The number of amides is 1. The Labute approximate surface area is 165 Å². The summed E-state index contributed by atoms with van der Waals surface area (Å²) in [5, 5.41) is 9.45. The van der Waals surface area contributed by atoms with Gasteiger partial charge in [-0.05, 0) is 35.9 Å². The molecule has 1 aliphatic heterocycles. The van der Waals surface area contributed by atoms with E-state index in [4.69, 9.17) is 9.47 Å². The number of ether oxygens (including phenoxy) is 2. The fourth-order valence-corrected chi connectivity index (χ4v) is 3.57. The van der Waals surface area contributed by atoms with Crippen LogP contribution in [0.1, 0.15) is 18.9 Å². The van der Waals surface area contributed by atoms with E-state index in [1.54, 1.807) is 18.1 Å². The summed E-state index contributed by atoms with van der Waals surface area (Å²) in [5.41, 5.74) is 2.31. The fourth-order valence-electron chi connectivity index (χ4n) is 3.57. The summed E-state index contributed by atoms with van der Waals surface area (Å²) in [6, 6.07) is 15.4. The van der Waals surface area contributed by atoms with Crippen LogP contribution in [-0.4, -0.2) is 37.1 Å². The second-order valence-electron chi connectivity index (χ2n) is 6.97. The van der Waals surface area contributed by atoms with Crippen molar-refractivity contribution < 1.29 is 14.3 Å². The molecular weight excluding hydrogens is 352 g/mol. The first-order valence-electron chi connectivity index (χ1n) is 9.32. The first-order valence-corrected chi connectivity index (χ1v) is 9.32. The average molecular weight is 376 g/mol. The van der Waals surface area contributed by atoms with Gasteiger partial charge in [-0.2, -0.15) is 5.26 Å². The Morgan fingerprint density at radius 2 is 2.11 bits per heavy atom. The Bertz CT molecular complexity index is 916. The van der Waals surface area contributed by atoms with Crippen LogP contribution < -0.4 is 9.47 Å². The molecule has 1 aliphatic rings. The van der Waals surface area contributed by atoms with E-state index in [1.165, 1.54) is 6.08 Å². The zero-order valence-electron chi connectivity index (χ0n) is 16.2. The number of nitriles is 1. The van der Waals surface area contributed by atoms with Gasteiger partial charge in [0.1, 0.15) is 17.6 Å². The summed E-state index contributed by atoms with van der Waals surface area (Å²) < 4.78 is 11.7. The maximum Gasteiger partial charge on any atom is 0.245 e. The van der Waals surface area contributed by atoms with E-state index in [0.29, 0.717) is 24.4 Å². The molecule has 0 radical (unpaired) electrons. The van der Waals surface area contributed by atoms with Crippen LogP contribution in [0.2, 0.25) is 0 Å². The Balaban J connectivity index is 1.84. The van der Waals surface area contributed by atoms with Crippen LogP contribution in [0.15, 0.2) is 55.1 Å². The lowest BCUT2D eigenvalue weighted by Crippen LogP contribution is -2.46. The molecule has 1 fully saturated rings. The Hall–Kier alpha value is -3.26. The van der Waals surface area contributed by atoms with E-state index in [0.717, 1.165) is 23.3 Å². The number of piperidine rings is 1. The molecular formula is C23H24N2O3. The van der Waals surface area contributed by atoms with Gasteiger partial charge in [0, 0.05) is 31.0 Å². The summed E-state index contributed by atoms with van der Waals surface area (Å²) in [7, 11) is 1.63. The largest absolute Gasteiger partial charge is 0.496 e. The van der Waals surface area contributed by atoms with Crippen molar-refractivity contribution in [2.75, 3.05) is 20.2 Å². The van der Waals surface area contributed by atoms with Gasteiger partial charge in [0.2, 0.25) is 5.91 Å². The number of nitrogens with zero attached hydrogens (tertiary/aromatic N) is 2. The first-order chi connectivity index (χ1) is 13.5. The van der Waals surface area contributed by atoms with E-state index in [2.05, 4.69) is 19.6 Å². The number of carbonyl (C=O) groups is 1. The highest BCUT2D eigenvalue weighted by atomic mass is 16.5. The molecule has 2 aromatic rings. The molecule has 5 heteroatoms. The predicted octanol–water partition coefficient (Wildman–Crippen LogP) is 4.04. The summed E-state index contributed by atoms with van der Waals surface area (Å²) in [6.07, 6.45) is 2.07. The SMILES string of the molecule is C=CC(=O)N1CC[C@@H](Oc2cc(C#N)cc(-c3ccccc3OC)c2)[C@@H](C)C1. The quantitative estimate of drug-likeness (QED) is 0.739. The zero-order chi connectivity index (χ0) is 20.1. The van der Waals surface area contributed by atoms with E-state index in [1.807, 2.05) is 36.4 Å². The molecule has 0 spiro atoms. The van der Waals surface area contributed by atoms with Crippen LogP contribution >= 0.6 is 0 Å². The minimum Gasteiger partial charge on any atom is -0.496 e. The molecule has 0 saturated carbocycles. The molecule has 1 amide bonds. The minimum atomic E-state index is -0.0461. The van der Waals surface area contributed by atoms with Gasteiger partial charge in [-0.1, -0.05) is 31.7 Å². The van der Waals surface area contributed by atoms with Crippen molar-refractivity contribution in [1.29, 1.82) is 5.26 Å². The molecule has 0 aliphatic carbocycles. The number of methoxy groups -OCH3 is 1. The van der Waals surface area contributed by atoms with Crippen molar-refractivity contribution in [3.8, 4) is 28.7 Å². The van der Waals surface area contributed by atoms with Crippen molar-refractivity contribution in [3.63, 3.8) is 0 Å². The van der Waals surface area contributed by atoms with Gasteiger partial charge in [0.15, 0.2) is 0 Å². The lowest BCUT2D eigenvalue weighted by molar-refractivity contribution is -0.129. The van der Waals surface area contributed by atoms with Gasteiger partial charge in [-0.3, -0.25) is 4.79 Å². The fraction of sp³-hybridized carbons (Fsp3) is 0.304. The van der Waals surface area contributed by atoms with Crippen LogP contribution in [0.3, 0.4) is 0 Å². The van der Waals surface area contributed by atoms with Crippen LogP contribution in [0, 0.1) is 17.2 Å². The van der Waals surface area contributed by atoms with Gasteiger partial charge in [0.25, 0.3) is 0 Å². The lowest BCUT2D eigenvalue weighted by Gasteiger charge is -2.36. The molecule has 144 valence electrons. The number of carbonyl (C=O) groups excluding carboxylic acids is 1. The Morgan fingerprint density at radius 3 is 2.79 bits per heavy atom. The van der Waals surface area contributed by atoms with Crippen LogP contribution in [0.25, 0.3) is 11.1 Å². The highest BCUT2D eigenvalue weighted by Crippen LogP contribution is 2.34. The van der Waals surface area contributed by atoms with Crippen molar-refractivity contribution in [2.45, 2.75) is 19.4 Å². The van der Waals surface area contributed by atoms with Crippen LogP contribution in [0.5, 0.6) is 11.5 Å². The van der Waals surface area contributed by atoms with Crippen molar-refractivity contribution in [3.05, 3.63) is 60.7 Å². The molecule has 28 heavy (non-hydrogen) atoms. The van der Waals surface area contributed by atoms with E-state index < -0.39 is 0 Å². The number of para-hydroxylation sites is 1. The van der Waals surface area contributed by atoms with E-state index in [-0.39, 0.29) is 17.9 Å². The summed E-state index contributed by atoms with van der Waals surface area (Å²) in [6.45, 7) is 6.90. The van der Waals surface area contributed by atoms with Gasteiger partial charge >= 0.3 is 0 Å². The van der Waals surface area contributed by atoms with Crippen LogP contribution in [-0.2, 0) is 4.79 Å². The second-order valence-corrected chi connectivity index (χ2v) is 6.97. The topological polar surface area (TPSA) is 62.6 Å². The highest BCUT2D eigenvalue weighted by Gasteiger charge is 2.29. The molecule has 0 aromatic heterocycles. The predicted molar refractivity (Wildman–Crippen MR) is 108 cm³/mol. The molecule has 0 N–H and O–H groups in total. The molecule has 2 aromatic carbocycles. The molecule has 5 nitrogen and oxygen atoms in total. The van der Waals surface area contributed by atoms with Crippen molar-refractivity contribution in [2.24, 2.45) is 5.92 Å². The summed E-state index contributed by atoms with van der Waals surface area (Å²) in [4.78, 5) is 13.6. The normalized spacial score (nSPS) is 18.8. The van der Waals surface area contributed by atoms with Gasteiger partial charge < -0.3 is 14.4 Å². The smallest absolute Gasteiger partial charge is 0.245 e. The number of likely N-dealkylation sites (tertiary alicyclic amines) is 1. The lowest BCUT2D eigenvalue weighted by atomic mass is 9.96. The number of hydrogen-bond donors (Lipinski definition) is 0. The van der Waals surface area contributed by atoms with Crippen molar-refractivity contribution in [1.82, 2.24) is 4.90 Å². The van der Waals surface area contributed by atoms with Crippen molar-refractivity contribution >= 4 is 5.91 Å². The highest BCUT2D eigenvalue weighted by molar-refractivity contribution is 5.87. The van der Waals surface area contributed by atoms with Gasteiger partial charge in [-0.25, -0.2) is 0 Å². The average Bonchev–Trinajstić information content (AvgIpc) is 2.74. The third-order valence-corrected chi connectivity index (χ3v) is 5.05. The number of benzene rings is 2. The molecule has 3 rings (SSSR count). The second kappa shape index (κ2) is 8.62. The number of hydrogen-bond acceptors (Lipinski definition) is 4. The molecule has 0 unspecified atom stereocenters. The standard InChI is InChI=1S/C23H24N2O3/c1-4-23(26)25-10-9-21(16(2)15-25)28-19-12-17(14-24)11-18(13-19)20-7-5-6-8-22(20)27-3/h4-8,11-13,16,21H,1,9-10,15H2,2-3H3/t16-,21+/m0/s1. The van der Waals surface area contributed by atoms with Crippen LogP contribution in [0.4, 0.5) is 0 Å². The van der Waals surface area contributed by atoms with E-state index in [9.17, 15) is 10.1 Å². The molecule has 2 atom stereocenters. The maximum absolute atomic E-state index is 11.8. The summed E-state index contributed by atoms with van der Waals surface area (Å²) >= 11 is 0. The third kappa shape index (κ3) is 4.17. The molecule has 1 saturated heterocycles. The van der Waals surface area contributed by atoms with E-state index >= 15 is 0 Å². The zero-order valence-corrected chi connectivity index (χ0v) is 16.2. The summed E-state index contributed by atoms with van der Waals surface area (Å²) in [5.74, 6) is 1.53.